The zero-order valence-electron chi connectivity index (χ0n) is 16.4. The number of carbonyl (C=O) groups excluding carboxylic acids is 1. The summed E-state index contributed by atoms with van der Waals surface area (Å²) in [6, 6.07) is 5.69. The average Bonchev–Trinajstić information content (AvgIpc) is 2.96. The van der Waals surface area contributed by atoms with Crippen LogP contribution >= 0.6 is 11.3 Å². The SMILES string of the molecule is CCOC(=O)C1=CN(c2ccc3c(c2)sc(=O)n3C)C(OCC)NC1OCC. The van der Waals surface area contributed by atoms with E-state index in [1.54, 1.807) is 24.7 Å². The van der Waals surface area contributed by atoms with Crippen molar-refractivity contribution < 1.29 is 19.0 Å². The molecule has 0 saturated heterocycles. The van der Waals surface area contributed by atoms with Gasteiger partial charge in [0.1, 0.15) is 6.23 Å². The number of benzene rings is 1. The third kappa shape index (κ3) is 3.97. The van der Waals surface area contributed by atoms with Crippen molar-refractivity contribution >= 4 is 33.2 Å². The second-order valence-corrected chi connectivity index (χ2v) is 7.09. The van der Waals surface area contributed by atoms with Crippen LogP contribution in [0.4, 0.5) is 5.69 Å². The molecule has 0 saturated carbocycles. The molecule has 1 aromatic carbocycles. The van der Waals surface area contributed by atoms with E-state index >= 15 is 0 Å². The van der Waals surface area contributed by atoms with Crippen LogP contribution in [-0.4, -0.2) is 42.9 Å². The van der Waals surface area contributed by atoms with Crippen molar-refractivity contribution in [1.29, 1.82) is 0 Å². The molecule has 28 heavy (non-hydrogen) atoms. The van der Waals surface area contributed by atoms with Crippen molar-refractivity contribution in [3.63, 3.8) is 0 Å². The first-order valence-corrected chi connectivity index (χ1v) is 10.1. The number of thiazole rings is 1. The van der Waals surface area contributed by atoms with Gasteiger partial charge in [0.25, 0.3) is 0 Å². The molecule has 0 radical (unpaired) electrons. The highest BCUT2D eigenvalue weighted by atomic mass is 32.1. The zero-order valence-corrected chi connectivity index (χ0v) is 17.2. The molecule has 1 aliphatic heterocycles. The number of hydrogen-bond donors (Lipinski definition) is 1. The molecule has 152 valence electrons. The Labute approximate surface area is 167 Å². The standard InChI is InChI=1S/C19H25N3O5S/c1-5-25-16-13(17(23)26-6-2)11-22(18(20-16)27-7-3)12-8-9-14-15(10-12)28-19(24)21(14)4/h8-11,16,18,20H,5-7H2,1-4H3. The normalized spacial score (nSPS) is 19.7. The lowest BCUT2D eigenvalue weighted by Gasteiger charge is -2.38. The van der Waals surface area contributed by atoms with Gasteiger partial charge in [-0.2, -0.15) is 0 Å². The van der Waals surface area contributed by atoms with Crippen molar-refractivity contribution in [2.45, 2.75) is 33.4 Å². The van der Waals surface area contributed by atoms with Crippen LogP contribution in [0.1, 0.15) is 20.8 Å². The zero-order chi connectivity index (χ0) is 20.3. The van der Waals surface area contributed by atoms with E-state index < -0.39 is 18.5 Å². The first-order valence-electron chi connectivity index (χ1n) is 9.26. The molecule has 0 spiro atoms. The smallest absolute Gasteiger partial charge is 0.339 e. The fraction of sp³-hybridized carbons (Fsp3) is 0.474. The monoisotopic (exact) mass is 407 g/mol. The number of anilines is 1. The van der Waals surface area contributed by atoms with Crippen LogP contribution in [0.15, 0.2) is 34.8 Å². The predicted octanol–water partition coefficient (Wildman–Crippen LogP) is 2.14. The summed E-state index contributed by atoms with van der Waals surface area (Å²) >= 11 is 1.18. The molecule has 0 aliphatic carbocycles. The van der Waals surface area contributed by atoms with Crippen LogP contribution in [0, 0.1) is 0 Å². The van der Waals surface area contributed by atoms with Crippen molar-refractivity contribution in [3.8, 4) is 0 Å². The lowest BCUT2D eigenvalue weighted by atomic mass is 10.2. The fourth-order valence-corrected chi connectivity index (χ4v) is 3.96. The van der Waals surface area contributed by atoms with Crippen LogP contribution < -0.4 is 15.1 Å². The van der Waals surface area contributed by atoms with Crippen molar-refractivity contribution in [3.05, 3.63) is 39.6 Å². The molecule has 2 aromatic rings. The molecular formula is C19H25N3O5S. The van der Waals surface area contributed by atoms with Crippen LogP contribution in [-0.2, 0) is 26.1 Å². The summed E-state index contributed by atoms with van der Waals surface area (Å²) in [4.78, 5) is 26.2. The molecule has 2 unspecified atom stereocenters. The number of esters is 1. The highest BCUT2D eigenvalue weighted by molar-refractivity contribution is 7.16. The number of aromatic nitrogens is 1. The van der Waals surface area contributed by atoms with E-state index in [0.29, 0.717) is 18.8 Å². The number of aryl methyl sites for hydroxylation is 1. The molecule has 1 aliphatic rings. The largest absolute Gasteiger partial charge is 0.462 e. The topological polar surface area (TPSA) is 82.0 Å². The molecule has 1 aromatic heterocycles. The molecule has 0 fully saturated rings. The molecule has 2 atom stereocenters. The summed E-state index contributed by atoms with van der Waals surface area (Å²) < 4.78 is 19.2. The third-order valence-electron chi connectivity index (χ3n) is 4.35. The summed E-state index contributed by atoms with van der Waals surface area (Å²) in [5.74, 6) is -0.446. The van der Waals surface area contributed by atoms with E-state index in [4.69, 9.17) is 14.2 Å². The van der Waals surface area contributed by atoms with Crippen LogP contribution in [0.2, 0.25) is 0 Å². The van der Waals surface area contributed by atoms with Gasteiger partial charge in [-0.25, -0.2) is 10.1 Å². The Morgan fingerprint density at radius 1 is 1.18 bits per heavy atom. The van der Waals surface area contributed by atoms with E-state index in [2.05, 4.69) is 5.32 Å². The number of hydrogen-bond acceptors (Lipinski definition) is 8. The Hall–Kier alpha value is -2.20. The Morgan fingerprint density at radius 2 is 1.93 bits per heavy atom. The first-order chi connectivity index (χ1) is 13.5. The number of rotatable bonds is 7. The Morgan fingerprint density at radius 3 is 2.61 bits per heavy atom. The maximum Gasteiger partial charge on any atom is 0.339 e. The lowest BCUT2D eigenvalue weighted by Crippen LogP contribution is -2.56. The average molecular weight is 407 g/mol. The molecule has 8 nitrogen and oxygen atoms in total. The van der Waals surface area contributed by atoms with E-state index in [1.807, 2.05) is 36.9 Å². The van der Waals surface area contributed by atoms with Crippen molar-refractivity contribution in [2.75, 3.05) is 24.7 Å². The minimum Gasteiger partial charge on any atom is -0.462 e. The fourth-order valence-electron chi connectivity index (χ4n) is 3.04. The summed E-state index contributed by atoms with van der Waals surface area (Å²) in [5, 5.41) is 3.21. The molecule has 1 N–H and O–H groups in total. The Kier molecular flexibility index (Phi) is 6.50. The molecule has 0 amide bonds. The number of ether oxygens (including phenoxy) is 3. The highest BCUT2D eigenvalue weighted by Crippen LogP contribution is 2.29. The van der Waals surface area contributed by atoms with Gasteiger partial charge in [0.05, 0.1) is 22.4 Å². The molecule has 0 bridgehead atoms. The highest BCUT2D eigenvalue weighted by Gasteiger charge is 2.34. The number of nitrogens with one attached hydrogen (secondary N) is 1. The van der Waals surface area contributed by atoms with Gasteiger partial charge in [-0.15, -0.1) is 0 Å². The van der Waals surface area contributed by atoms with Gasteiger partial charge in [0.15, 0.2) is 6.35 Å². The van der Waals surface area contributed by atoms with Gasteiger partial charge in [-0.3, -0.25) is 4.79 Å². The first kappa shape index (κ1) is 20.5. The summed E-state index contributed by atoms with van der Waals surface area (Å²) in [6.45, 7) is 6.68. The molecular weight excluding hydrogens is 382 g/mol. The van der Waals surface area contributed by atoms with Gasteiger partial charge in [0, 0.05) is 32.1 Å². The number of fused-ring (bicyclic) bond motifs is 1. The third-order valence-corrected chi connectivity index (χ3v) is 5.35. The minimum absolute atomic E-state index is 0.0237. The summed E-state index contributed by atoms with van der Waals surface area (Å²) in [6.07, 6.45) is 0.535. The van der Waals surface area contributed by atoms with Gasteiger partial charge in [0.2, 0.25) is 0 Å². The van der Waals surface area contributed by atoms with Crippen LogP contribution in [0.25, 0.3) is 10.2 Å². The second-order valence-electron chi connectivity index (χ2n) is 6.10. The predicted molar refractivity (Wildman–Crippen MR) is 108 cm³/mol. The molecule has 2 heterocycles. The maximum absolute atomic E-state index is 12.5. The summed E-state index contributed by atoms with van der Waals surface area (Å²) in [7, 11) is 1.75. The number of carbonyl (C=O) groups is 1. The van der Waals surface area contributed by atoms with Crippen LogP contribution in [0.5, 0.6) is 0 Å². The Bertz CT molecular complexity index is 935. The molecule has 9 heteroatoms. The van der Waals surface area contributed by atoms with Gasteiger partial charge >= 0.3 is 10.8 Å². The van der Waals surface area contributed by atoms with E-state index in [0.717, 1.165) is 15.9 Å². The van der Waals surface area contributed by atoms with Gasteiger partial charge in [-0.1, -0.05) is 11.3 Å². The van der Waals surface area contributed by atoms with Gasteiger partial charge in [-0.05, 0) is 39.0 Å². The number of nitrogens with zero attached hydrogens (tertiary/aromatic N) is 2. The lowest BCUT2D eigenvalue weighted by molar-refractivity contribution is -0.141. The molecule has 3 rings (SSSR count). The Balaban J connectivity index is 2.05. The maximum atomic E-state index is 12.5. The van der Waals surface area contributed by atoms with Gasteiger partial charge < -0.3 is 23.7 Å². The van der Waals surface area contributed by atoms with Crippen LogP contribution in [0.3, 0.4) is 0 Å². The quantitative estimate of drug-likeness (QED) is 0.704. The second kappa shape index (κ2) is 8.87. The summed E-state index contributed by atoms with van der Waals surface area (Å²) in [5.41, 5.74) is 2.01. The van der Waals surface area contributed by atoms with Crippen molar-refractivity contribution in [2.24, 2.45) is 7.05 Å². The van der Waals surface area contributed by atoms with Crippen molar-refractivity contribution in [1.82, 2.24) is 9.88 Å². The van der Waals surface area contributed by atoms with E-state index in [9.17, 15) is 9.59 Å². The minimum atomic E-state index is -0.631. The van der Waals surface area contributed by atoms with E-state index in [1.165, 1.54) is 11.3 Å². The van der Waals surface area contributed by atoms with E-state index in [-0.39, 0.29) is 11.5 Å².